The molecule has 35 heavy (non-hydrogen) atoms. The van der Waals surface area contributed by atoms with Crippen LogP contribution in [0.5, 0.6) is 0 Å². The van der Waals surface area contributed by atoms with E-state index in [0.29, 0.717) is 25.2 Å². The molecular weight excluding hydrogens is 440 g/mol. The number of carbonyl (C=O) groups excluding carboxylic acids is 2. The molecule has 0 radical (unpaired) electrons. The van der Waals surface area contributed by atoms with Crippen molar-refractivity contribution in [2.45, 2.75) is 72.1 Å². The molecule has 4 N–H and O–H groups in total. The number of nitrogens with one attached hydrogen (secondary N) is 3. The van der Waals surface area contributed by atoms with Crippen LogP contribution in [-0.2, 0) is 9.59 Å². The van der Waals surface area contributed by atoms with E-state index in [0.717, 1.165) is 44.9 Å². The second-order valence-corrected chi connectivity index (χ2v) is 7.84. The Morgan fingerprint density at radius 2 is 1.29 bits per heavy atom. The van der Waals surface area contributed by atoms with Crippen LogP contribution in [0.2, 0.25) is 0 Å². The smallest absolute Gasteiger partial charge is 0.265 e. The van der Waals surface area contributed by atoms with Gasteiger partial charge in [0, 0.05) is 25.7 Å². The van der Waals surface area contributed by atoms with E-state index in [1.807, 2.05) is 5.48 Å². The van der Waals surface area contributed by atoms with E-state index in [-0.39, 0.29) is 17.5 Å². The van der Waals surface area contributed by atoms with E-state index in [4.69, 9.17) is 5.21 Å². The van der Waals surface area contributed by atoms with Crippen molar-refractivity contribution in [3.8, 4) is 0 Å². The summed E-state index contributed by atoms with van der Waals surface area (Å²) in [4.78, 5) is 27.6. The first-order valence-electron chi connectivity index (χ1n) is 12.4. The quantitative estimate of drug-likeness (QED) is 0.0848. The zero-order chi connectivity index (χ0) is 26.0. The average molecular weight is 485 g/mol. The maximum absolute atomic E-state index is 11.9. The van der Waals surface area contributed by atoms with Crippen molar-refractivity contribution in [1.29, 1.82) is 0 Å². The molecule has 0 rings (SSSR count). The molecule has 0 aromatic rings. The molecule has 0 aromatic heterocycles. The summed E-state index contributed by atoms with van der Waals surface area (Å²) in [6.45, 7) is 6.03. The van der Waals surface area contributed by atoms with Gasteiger partial charge < -0.3 is 10.6 Å². The lowest BCUT2D eigenvalue weighted by Gasteiger charge is -2.06. The number of allylic oxidation sites excluding steroid dienone is 11. The maximum atomic E-state index is 11.9. The third-order valence-electron chi connectivity index (χ3n) is 4.62. The first-order valence-corrected chi connectivity index (χ1v) is 12.4. The van der Waals surface area contributed by atoms with E-state index < -0.39 is 0 Å². The van der Waals surface area contributed by atoms with Crippen LogP contribution in [0.25, 0.3) is 0 Å². The van der Waals surface area contributed by atoms with Crippen LogP contribution in [-0.4, -0.2) is 35.8 Å². The molecule has 0 heterocycles. The van der Waals surface area contributed by atoms with Gasteiger partial charge in [0.25, 0.3) is 5.91 Å². The zero-order valence-electron chi connectivity index (χ0n) is 21.6. The Bertz CT molecular complexity index is 790. The molecule has 0 saturated carbocycles. The normalized spacial score (nSPS) is 13.1. The summed E-state index contributed by atoms with van der Waals surface area (Å²) >= 11 is 0. The molecule has 7 heteroatoms. The molecule has 2 amide bonds. The minimum absolute atomic E-state index is 0.0235. The van der Waals surface area contributed by atoms with E-state index in [1.54, 1.807) is 13.8 Å². The molecule has 0 fully saturated rings. The van der Waals surface area contributed by atoms with Gasteiger partial charge in [0.05, 0.1) is 5.70 Å². The molecule has 7 nitrogen and oxygen atoms in total. The Hall–Kier alpha value is -3.19. The highest BCUT2D eigenvalue weighted by Crippen LogP contribution is 1.99. The fourth-order valence-corrected chi connectivity index (χ4v) is 2.62. The van der Waals surface area contributed by atoms with Crippen LogP contribution in [0.4, 0.5) is 0 Å². The van der Waals surface area contributed by atoms with E-state index >= 15 is 0 Å². The van der Waals surface area contributed by atoms with Gasteiger partial charge >= 0.3 is 0 Å². The summed E-state index contributed by atoms with van der Waals surface area (Å²) in [5, 5.41) is 14.1. The van der Waals surface area contributed by atoms with Crippen LogP contribution in [0.3, 0.4) is 0 Å². The molecule has 0 aliphatic rings. The van der Waals surface area contributed by atoms with Crippen LogP contribution in [0.1, 0.15) is 72.1 Å². The van der Waals surface area contributed by atoms with Crippen molar-refractivity contribution in [3.63, 3.8) is 0 Å². The molecule has 0 aliphatic carbocycles. The van der Waals surface area contributed by atoms with Gasteiger partial charge in [0.2, 0.25) is 5.91 Å². The highest BCUT2D eigenvalue weighted by Gasteiger charge is 2.05. The summed E-state index contributed by atoms with van der Waals surface area (Å²) < 4.78 is 0. The molecule has 194 valence electrons. The van der Waals surface area contributed by atoms with Gasteiger partial charge in [-0.15, -0.1) is 0 Å². The summed E-state index contributed by atoms with van der Waals surface area (Å²) in [6, 6.07) is 0. The Morgan fingerprint density at radius 1 is 0.771 bits per heavy atom. The predicted octanol–water partition coefficient (Wildman–Crippen LogP) is 5.44. The third-order valence-corrected chi connectivity index (χ3v) is 4.62. The van der Waals surface area contributed by atoms with Crippen molar-refractivity contribution in [2.75, 3.05) is 13.1 Å². The SMILES string of the molecule is CC/C=C\C/C=C\C/C=C\C/C=C\C/C=C\CCCC(=O)NCCNC(=O)C(C)=N/C=C(/C)NO. The number of rotatable bonds is 19. The second kappa shape index (κ2) is 24.0. The van der Waals surface area contributed by atoms with Gasteiger partial charge in [0.1, 0.15) is 5.71 Å². The van der Waals surface area contributed by atoms with Crippen LogP contribution in [0.15, 0.2) is 77.6 Å². The first kappa shape index (κ1) is 31.8. The highest BCUT2D eigenvalue weighted by atomic mass is 16.5. The maximum Gasteiger partial charge on any atom is 0.265 e. The molecule has 0 atom stereocenters. The summed E-state index contributed by atoms with van der Waals surface area (Å²) in [6.07, 6.45) is 30.1. The topological polar surface area (TPSA) is 103 Å². The van der Waals surface area contributed by atoms with Crippen LogP contribution in [0, 0.1) is 0 Å². The van der Waals surface area contributed by atoms with Gasteiger partial charge in [0.15, 0.2) is 0 Å². The number of carbonyl (C=O) groups is 2. The number of unbranched alkanes of at least 4 members (excludes halogenated alkanes) is 1. The largest absolute Gasteiger partial charge is 0.354 e. The van der Waals surface area contributed by atoms with Crippen molar-refractivity contribution in [1.82, 2.24) is 16.1 Å². The van der Waals surface area contributed by atoms with Crippen molar-refractivity contribution in [3.05, 3.63) is 72.7 Å². The fraction of sp³-hybridized carbons (Fsp3) is 0.464. The minimum atomic E-state index is -0.320. The Labute approximate surface area is 211 Å². The van der Waals surface area contributed by atoms with Gasteiger partial charge in [-0.25, -0.2) is 0 Å². The number of nitrogens with zero attached hydrogens (tertiary/aromatic N) is 1. The lowest BCUT2D eigenvalue weighted by molar-refractivity contribution is -0.121. The molecule has 0 saturated heterocycles. The molecular formula is C28H44N4O3. The summed E-state index contributed by atoms with van der Waals surface area (Å²) in [5.74, 6) is -0.343. The number of aliphatic imine (C=N–C) groups is 1. The minimum Gasteiger partial charge on any atom is -0.354 e. The van der Waals surface area contributed by atoms with Crippen molar-refractivity contribution >= 4 is 17.5 Å². The number of hydrogen-bond acceptors (Lipinski definition) is 5. The zero-order valence-corrected chi connectivity index (χ0v) is 21.6. The molecule has 0 aliphatic heterocycles. The molecule has 0 aromatic carbocycles. The van der Waals surface area contributed by atoms with Crippen LogP contribution < -0.4 is 16.1 Å². The Morgan fingerprint density at radius 3 is 1.83 bits per heavy atom. The van der Waals surface area contributed by atoms with Gasteiger partial charge in [-0.3, -0.25) is 25.3 Å². The van der Waals surface area contributed by atoms with Gasteiger partial charge in [-0.05, 0) is 58.8 Å². The van der Waals surface area contributed by atoms with Gasteiger partial charge in [-0.2, -0.15) is 0 Å². The van der Waals surface area contributed by atoms with E-state index in [1.165, 1.54) is 6.20 Å². The highest BCUT2D eigenvalue weighted by molar-refractivity contribution is 6.38. The van der Waals surface area contributed by atoms with E-state index in [9.17, 15) is 9.59 Å². The molecule has 0 spiro atoms. The van der Waals surface area contributed by atoms with E-state index in [2.05, 4.69) is 83.3 Å². The monoisotopic (exact) mass is 484 g/mol. The Kier molecular flexibility index (Phi) is 21.8. The summed E-state index contributed by atoms with van der Waals surface area (Å²) in [7, 11) is 0. The fourth-order valence-electron chi connectivity index (χ4n) is 2.62. The standard InChI is InChI=1S/C28H44N4O3/c1-4-5-6-7-8-9-10-11-12-13-14-15-16-17-18-19-20-21-27(33)29-22-23-30-28(34)26(3)31-24-25(2)32-35/h5-6,8-9,11-12,14-15,17-18,24,32,35H,4,7,10,13,16,19-23H2,1-3H3,(H,29,33)(H,30,34)/b6-5-,9-8-,12-11-,15-14-,18-17-,25-24-,31-26?. The second-order valence-electron chi connectivity index (χ2n) is 7.84. The van der Waals surface area contributed by atoms with Crippen LogP contribution >= 0.6 is 0 Å². The molecule has 0 unspecified atom stereocenters. The lowest BCUT2D eigenvalue weighted by atomic mass is 10.2. The Balaban J connectivity index is 3.73. The predicted molar refractivity (Wildman–Crippen MR) is 146 cm³/mol. The summed E-state index contributed by atoms with van der Waals surface area (Å²) in [5.41, 5.74) is 2.63. The lowest BCUT2D eigenvalue weighted by Crippen LogP contribution is -2.37. The van der Waals surface area contributed by atoms with Gasteiger partial charge in [-0.1, -0.05) is 67.7 Å². The van der Waals surface area contributed by atoms with Crippen molar-refractivity contribution in [2.24, 2.45) is 4.99 Å². The number of hydrogen-bond donors (Lipinski definition) is 4. The molecule has 0 bridgehead atoms. The average Bonchev–Trinajstić information content (AvgIpc) is 2.86. The number of amides is 2. The first-order chi connectivity index (χ1) is 17.0. The third kappa shape index (κ3) is 22.4. The number of hydroxylamine groups is 1. The van der Waals surface area contributed by atoms with Crippen molar-refractivity contribution < 1.29 is 14.8 Å².